The summed E-state index contributed by atoms with van der Waals surface area (Å²) < 4.78 is 23.1. The molecule has 260 valence electrons. The van der Waals surface area contributed by atoms with Crippen LogP contribution in [0.1, 0.15) is 73.6 Å². The molecule has 0 unspecified atom stereocenters. The second-order valence-electron chi connectivity index (χ2n) is 13.2. The van der Waals surface area contributed by atoms with E-state index in [2.05, 4.69) is 18.3 Å². The average molecular weight is 649 g/mol. The Labute approximate surface area is 274 Å². The summed E-state index contributed by atoms with van der Waals surface area (Å²) >= 11 is 0. The molecule has 3 rings (SSSR count). The Morgan fingerprint density at radius 2 is 1.89 bits per heavy atom. The summed E-state index contributed by atoms with van der Waals surface area (Å²) in [6.07, 6.45) is 8.81. The van der Waals surface area contributed by atoms with Gasteiger partial charge in [-0.15, -0.1) is 0 Å². The fourth-order valence-corrected chi connectivity index (χ4v) is 6.13. The third-order valence-corrected chi connectivity index (χ3v) is 9.21. The number of esters is 2. The van der Waals surface area contributed by atoms with Gasteiger partial charge in [0, 0.05) is 50.9 Å². The highest BCUT2D eigenvalue weighted by Crippen LogP contribution is 2.36. The molecule has 0 bridgehead atoms. The summed E-state index contributed by atoms with van der Waals surface area (Å²) in [6, 6.07) is 0. The van der Waals surface area contributed by atoms with E-state index in [-0.39, 0.29) is 55.5 Å². The lowest BCUT2D eigenvalue weighted by Gasteiger charge is -2.31. The fourth-order valence-electron chi connectivity index (χ4n) is 6.13. The standard InChI is InChI=1S/C35H56N2O9/c1-7-29(40)25(5)34-31(44-34)19-22(2)9-8-10-23(3)33-24(4)11-14-30(45-35(42)37-17-15-36-16-18-37)27(21-43-26(6)38)12-13-28(39)20-32(41)46-33/h8-11,14,22,24-25,27-31,33-34,36,39-40H,7,12-13,15-21H2,1-6H3/b9-8+,14-11+,23-10+/t22-,24+,25-,27-,28-,29+,30+,31-,33-,34-/m1/s1. The molecule has 2 fully saturated rings. The Balaban J connectivity index is 1.75. The van der Waals surface area contributed by atoms with Crippen molar-refractivity contribution in [2.24, 2.45) is 23.7 Å². The number of rotatable bonds is 11. The topological polar surface area (TPSA) is 147 Å². The largest absolute Gasteiger partial charge is 0.465 e. The van der Waals surface area contributed by atoms with Gasteiger partial charge in [0.25, 0.3) is 0 Å². The average Bonchev–Trinajstić information content (AvgIpc) is 3.79. The van der Waals surface area contributed by atoms with E-state index in [0.717, 1.165) is 12.0 Å². The SMILES string of the molecule is CC[C@H](O)[C@@H](C)[C@H]1O[C@@H]1C[C@H](C)/C=C/C=C(\C)[C@H]1OC(=O)C[C@H](O)CC[C@H](COC(C)=O)[C@@H](OC(=O)N2CCNCC2)/C=C/[C@@H]1C. The van der Waals surface area contributed by atoms with E-state index in [1.807, 2.05) is 45.9 Å². The molecule has 3 aliphatic rings. The van der Waals surface area contributed by atoms with E-state index in [1.165, 1.54) is 6.92 Å². The van der Waals surface area contributed by atoms with Crippen LogP contribution in [0.4, 0.5) is 4.79 Å². The number of epoxide rings is 1. The van der Waals surface area contributed by atoms with Crippen LogP contribution in [0.2, 0.25) is 0 Å². The number of nitrogens with zero attached hydrogens (tertiary/aromatic N) is 1. The number of allylic oxidation sites excluding steroid dienone is 3. The molecule has 10 atom stereocenters. The minimum absolute atomic E-state index is 0.0147. The zero-order chi connectivity index (χ0) is 33.8. The van der Waals surface area contributed by atoms with Gasteiger partial charge in [-0.05, 0) is 50.2 Å². The Hall–Kier alpha value is -2.73. The van der Waals surface area contributed by atoms with Gasteiger partial charge >= 0.3 is 18.0 Å². The lowest BCUT2D eigenvalue weighted by Crippen LogP contribution is -2.48. The van der Waals surface area contributed by atoms with Gasteiger partial charge in [0.1, 0.15) is 12.2 Å². The number of hydrogen-bond donors (Lipinski definition) is 3. The predicted molar refractivity (Wildman–Crippen MR) is 174 cm³/mol. The monoisotopic (exact) mass is 648 g/mol. The Morgan fingerprint density at radius 1 is 1.17 bits per heavy atom. The Bertz CT molecular complexity index is 1090. The van der Waals surface area contributed by atoms with Crippen LogP contribution >= 0.6 is 0 Å². The first kappa shape index (κ1) is 37.7. The molecule has 0 aromatic carbocycles. The van der Waals surface area contributed by atoms with Crippen molar-refractivity contribution in [1.82, 2.24) is 10.2 Å². The van der Waals surface area contributed by atoms with E-state index in [1.54, 1.807) is 11.0 Å². The zero-order valence-electron chi connectivity index (χ0n) is 28.4. The molecule has 46 heavy (non-hydrogen) atoms. The third kappa shape index (κ3) is 12.1. The van der Waals surface area contributed by atoms with Crippen molar-refractivity contribution in [3.8, 4) is 0 Å². The van der Waals surface area contributed by atoms with Crippen molar-refractivity contribution >= 4 is 18.0 Å². The first-order chi connectivity index (χ1) is 21.9. The summed E-state index contributed by atoms with van der Waals surface area (Å²) in [6.45, 7) is 13.7. The fraction of sp³-hybridized carbons (Fsp3) is 0.743. The number of hydrogen-bond acceptors (Lipinski definition) is 10. The lowest BCUT2D eigenvalue weighted by molar-refractivity contribution is -0.151. The smallest absolute Gasteiger partial charge is 0.410 e. The highest BCUT2D eigenvalue weighted by molar-refractivity contribution is 5.70. The number of amides is 1. The van der Waals surface area contributed by atoms with E-state index >= 15 is 0 Å². The van der Waals surface area contributed by atoms with Gasteiger partial charge in [-0.2, -0.15) is 0 Å². The molecule has 0 spiro atoms. The molecule has 2 saturated heterocycles. The van der Waals surface area contributed by atoms with Crippen LogP contribution in [0, 0.1) is 23.7 Å². The molecular formula is C35H56N2O9. The highest BCUT2D eigenvalue weighted by Gasteiger charge is 2.45. The summed E-state index contributed by atoms with van der Waals surface area (Å²) in [4.78, 5) is 39.3. The molecule has 0 aromatic rings. The van der Waals surface area contributed by atoms with Gasteiger partial charge in [-0.3, -0.25) is 9.59 Å². The number of carbonyl (C=O) groups excluding carboxylic acids is 3. The van der Waals surface area contributed by atoms with Crippen LogP contribution in [0.5, 0.6) is 0 Å². The first-order valence-electron chi connectivity index (χ1n) is 16.9. The van der Waals surface area contributed by atoms with Crippen LogP contribution in [-0.2, 0) is 28.5 Å². The summed E-state index contributed by atoms with van der Waals surface area (Å²) in [7, 11) is 0. The maximum atomic E-state index is 13.1. The first-order valence-corrected chi connectivity index (χ1v) is 16.9. The number of piperazine rings is 1. The van der Waals surface area contributed by atoms with Gasteiger partial charge in [0.05, 0.1) is 37.4 Å². The van der Waals surface area contributed by atoms with Crippen molar-refractivity contribution in [2.75, 3.05) is 32.8 Å². The molecule has 0 radical (unpaired) electrons. The third-order valence-electron chi connectivity index (χ3n) is 9.21. The second kappa shape index (κ2) is 18.6. The quantitative estimate of drug-likeness (QED) is 0.0990. The van der Waals surface area contributed by atoms with E-state index in [9.17, 15) is 24.6 Å². The molecule has 3 N–H and O–H groups in total. The number of aliphatic hydroxyl groups is 2. The van der Waals surface area contributed by atoms with Gasteiger partial charge in [0.2, 0.25) is 0 Å². The molecule has 1 amide bonds. The van der Waals surface area contributed by atoms with Crippen molar-refractivity contribution in [2.45, 2.75) is 110 Å². The molecule has 0 aliphatic carbocycles. The van der Waals surface area contributed by atoms with Gasteiger partial charge in [0.15, 0.2) is 0 Å². The van der Waals surface area contributed by atoms with Crippen molar-refractivity contribution in [1.29, 1.82) is 0 Å². The number of carbonyl (C=O) groups is 3. The maximum Gasteiger partial charge on any atom is 0.410 e. The number of nitrogens with one attached hydrogen (secondary N) is 1. The van der Waals surface area contributed by atoms with Crippen LogP contribution < -0.4 is 5.32 Å². The van der Waals surface area contributed by atoms with Crippen LogP contribution in [0.15, 0.2) is 36.0 Å². The number of aliphatic hydroxyl groups excluding tert-OH is 2. The highest BCUT2D eigenvalue weighted by atomic mass is 16.6. The van der Waals surface area contributed by atoms with Crippen molar-refractivity contribution < 1.29 is 43.5 Å². The van der Waals surface area contributed by atoms with Crippen molar-refractivity contribution in [3.05, 3.63) is 36.0 Å². The van der Waals surface area contributed by atoms with Crippen LogP contribution in [-0.4, -0.2) is 103 Å². The maximum absolute atomic E-state index is 13.1. The molecule has 0 saturated carbocycles. The second-order valence-corrected chi connectivity index (χ2v) is 13.2. The predicted octanol–water partition coefficient (Wildman–Crippen LogP) is 3.93. The number of ether oxygens (including phenoxy) is 4. The lowest BCUT2D eigenvalue weighted by atomic mass is 9.91. The molecular weight excluding hydrogens is 592 g/mol. The van der Waals surface area contributed by atoms with Crippen molar-refractivity contribution in [3.63, 3.8) is 0 Å². The van der Waals surface area contributed by atoms with Gasteiger partial charge in [-0.1, -0.05) is 52.0 Å². The van der Waals surface area contributed by atoms with E-state index < -0.39 is 42.3 Å². The zero-order valence-corrected chi connectivity index (χ0v) is 28.4. The summed E-state index contributed by atoms with van der Waals surface area (Å²) in [5.41, 5.74) is 0.826. The molecule has 0 aromatic heterocycles. The summed E-state index contributed by atoms with van der Waals surface area (Å²) in [5.74, 6) is -1.29. The molecule has 3 aliphatic heterocycles. The molecule has 11 heteroatoms. The summed E-state index contributed by atoms with van der Waals surface area (Å²) in [5, 5.41) is 24.1. The Morgan fingerprint density at radius 3 is 2.57 bits per heavy atom. The number of cyclic esters (lactones) is 1. The molecule has 11 nitrogen and oxygen atoms in total. The van der Waals surface area contributed by atoms with E-state index in [0.29, 0.717) is 39.0 Å². The van der Waals surface area contributed by atoms with Crippen LogP contribution in [0.3, 0.4) is 0 Å². The van der Waals surface area contributed by atoms with E-state index in [4.69, 9.17) is 18.9 Å². The van der Waals surface area contributed by atoms with Crippen LogP contribution in [0.25, 0.3) is 0 Å². The minimum atomic E-state index is -0.962. The van der Waals surface area contributed by atoms with Gasteiger partial charge in [-0.25, -0.2) is 4.79 Å². The molecule has 3 heterocycles. The normalized spacial score (nSPS) is 32.3. The Kier molecular flexibility index (Phi) is 15.2. The minimum Gasteiger partial charge on any atom is -0.465 e. The van der Waals surface area contributed by atoms with Gasteiger partial charge < -0.3 is 39.4 Å².